The van der Waals surface area contributed by atoms with Crippen LogP contribution in [0.5, 0.6) is 5.75 Å². The van der Waals surface area contributed by atoms with Crippen LogP contribution in [0.25, 0.3) is 10.9 Å². The van der Waals surface area contributed by atoms with Gasteiger partial charge in [-0.3, -0.25) is 9.78 Å². The van der Waals surface area contributed by atoms with Gasteiger partial charge in [0.2, 0.25) is 5.78 Å². The number of rotatable bonds is 4. The summed E-state index contributed by atoms with van der Waals surface area (Å²) in [6.07, 6.45) is 1.17. The second kappa shape index (κ2) is 5.75. The summed E-state index contributed by atoms with van der Waals surface area (Å²) in [6, 6.07) is 18.7. The minimum absolute atomic E-state index is 0.0384. The number of pyridine rings is 1. The number of hydrogen-bond donors (Lipinski definition) is 0. The Balaban J connectivity index is 1.87. The Morgan fingerprint density at radius 3 is 2.57 bits per heavy atom. The van der Waals surface area contributed by atoms with Gasteiger partial charge in [0, 0.05) is 17.1 Å². The number of benzene rings is 2. The first-order chi connectivity index (χ1) is 10.3. The van der Waals surface area contributed by atoms with Crippen molar-refractivity contribution in [2.45, 2.75) is 13.0 Å². The highest BCUT2D eigenvalue weighted by Crippen LogP contribution is 2.24. The van der Waals surface area contributed by atoms with Crippen LogP contribution in [-0.2, 0) is 0 Å². The Hall–Kier alpha value is -2.68. The molecule has 1 unspecified atom stereocenters. The average Bonchev–Trinajstić information content (AvgIpc) is 2.55. The van der Waals surface area contributed by atoms with E-state index in [0.717, 1.165) is 10.9 Å². The number of nitrogens with zero attached hydrogens (tertiary/aromatic N) is 1. The van der Waals surface area contributed by atoms with E-state index in [0.29, 0.717) is 11.3 Å². The molecule has 1 atom stereocenters. The molecule has 0 aliphatic heterocycles. The van der Waals surface area contributed by atoms with Crippen molar-refractivity contribution >= 4 is 16.7 Å². The van der Waals surface area contributed by atoms with Crippen molar-refractivity contribution in [1.82, 2.24) is 4.98 Å². The Kier molecular flexibility index (Phi) is 3.65. The van der Waals surface area contributed by atoms with Crippen LogP contribution in [0.4, 0.5) is 0 Å². The van der Waals surface area contributed by atoms with E-state index in [1.165, 1.54) is 0 Å². The van der Waals surface area contributed by atoms with Gasteiger partial charge in [-0.1, -0.05) is 48.5 Å². The number of aromatic nitrogens is 1. The monoisotopic (exact) mass is 277 g/mol. The zero-order chi connectivity index (χ0) is 14.7. The summed E-state index contributed by atoms with van der Waals surface area (Å²) in [5.41, 5.74) is 1.42. The van der Waals surface area contributed by atoms with E-state index < -0.39 is 6.10 Å². The molecule has 0 aliphatic carbocycles. The lowest BCUT2D eigenvalue weighted by Gasteiger charge is -2.15. The van der Waals surface area contributed by atoms with Gasteiger partial charge in [0.05, 0.1) is 0 Å². The van der Waals surface area contributed by atoms with E-state index in [1.807, 2.05) is 48.5 Å². The van der Waals surface area contributed by atoms with Crippen molar-refractivity contribution in [3.63, 3.8) is 0 Å². The highest BCUT2D eigenvalue weighted by molar-refractivity contribution is 5.99. The first-order valence-corrected chi connectivity index (χ1v) is 6.85. The maximum Gasteiger partial charge on any atom is 0.202 e. The maximum absolute atomic E-state index is 12.3. The molecule has 0 saturated carbocycles. The lowest BCUT2D eigenvalue weighted by atomic mass is 10.1. The molecule has 0 fully saturated rings. The van der Waals surface area contributed by atoms with Crippen molar-refractivity contribution in [2.75, 3.05) is 0 Å². The minimum Gasteiger partial charge on any atom is -0.480 e. The zero-order valence-electron chi connectivity index (χ0n) is 11.7. The van der Waals surface area contributed by atoms with Crippen LogP contribution in [0.1, 0.15) is 17.3 Å². The topological polar surface area (TPSA) is 39.2 Å². The summed E-state index contributed by atoms with van der Waals surface area (Å²) in [5, 5.41) is 0.995. The SMILES string of the molecule is CC(Oc1cccc2cccnc12)C(=O)c1ccccc1. The van der Waals surface area contributed by atoms with Crippen LogP contribution in [0.3, 0.4) is 0 Å². The minimum atomic E-state index is -0.556. The van der Waals surface area contributed by atoms with E-state index in [2.05, 4.69) is 4.98 Å². The van der Waals surface area contributed by atoms with Gasteiger partial charge < -0.3 is 4.74 Å². The van der Waals surface area contributed by atoms with Gasteiger partial charge in [-0.2, -0.15) is 0 Å². The van der Waals surface area contributed by atoms with Crippen molar-refractivity contribution in [2.24, 2.45) is 0 Å². The fourth-order valence-electron chi connectivity index (χ4n) is 2.25. The first-order valence-electron chi connectivity index (χ1n) is 6.85. The van der Waals surface area contributed by atoms with Crippen LogP contribution < -0.4 is 4.74 Å². The predicted octanol–water partition coefficient (Wildman–Crippen LogP) is 3.89. The molecule has 3 rings (SSSR count). The molecular formula is C18H15NO2. The fraction of sp³-hybridized carbons (Fsp3) is 0.111. The molecule has 3 heteroatoms. The highest BCUT2D eigenvalue weighted by atomic mass is 16.5. The molecule has 0 aliphatic rings. The van der Waals surface area contributed by atoms with Crippen molar-refractivity contribution in [3.05, 3.63) is 72.4 Å². The molecule has 104 valence electrons. The van der Waals surface area contributed by atoms with Crippen LogP contribution in [-0.4, -0.2) is 16.9 Å². The van der Waals surface area contributed by atoms with Gasteiger partial charge in [0.15, 0.2) is 6.10 Å². The number of para-hydroxylation sites is 1. The number of Topliss-reactive ketones (excluding diaryl/α,β-unsaturated/α-hetero) is 1. The van der Waals surface area contributed by atoms with Gasteiger partial charge >= 0.3 is 0 Å². The maximum atomic E-state index is 12.3. The third-order valence-corrected chi connectivity index (χ3v) is 3.33. The molecule has 21 heavy (non-hydrogen) atoms. The molecule has 3 aromatic rings. The quantitative estimate of drug-likeness (QED) is 0.679. The molecule has 3 nitrogen and oxygen atoms in total. The molecule has 0 amide bonds. The van der Waals surface area contributed by atoms with Gasteiger partial charge in [0.25, 0.3) is 0 Å². The van der Waals surface area contributed by atoms with Gasteiger partial charge in [0.1, 0.15) is 11.3 Å². The van der Waals surface area contributed by atoms with Crippen LogP contribution in [0, 0.1) is 0 Å². The van der Waals surface area contributed by atoms with Gasteiger partial charge in [-0.15, -0.1) is 0 Å². The van der Waals surface area contributed by atoms with Crippen molar-refractivity contribution < 1.29 is 9.53 Å². The standard InChI is InChI=1S/C18H15NO2/c1-13(18(20)15-7-3-2-4-8-15)21-16-11-5-9-14-10-6-12-19-17(14)16/h2-13H,1H3. The molecule has 2 aromatic carbocycles. The number of hydrogen-bond acceptors (Lipinski definition) is 3. The molecule has 0 spiro atoms. The molecule has 0 N–H and O–H groups in total. The lowest BCUT2D eigenvalue weighted by Crippen LogP contribution is -2.24. The Labute approximate surface area is 123 Å². The highest BCUT2D eigenvalue weighted by Gasteiger charge is 2.17. The summed E-state index contributed by atoms with van der Waals surface area (Å²) >= 11 is 0. The smallest absolute Gasteiger partial charge is 0.202 e. The van der Waals surface area contributed by atoms with Crippen molar-refractivity contribution in [3.8, 4) is 5.75 Å². The zero-order valence-corrected chi connectivity index (χ0v) is 11.7. The van der Waals surface area contributed by atoms with Crippen LogP contribution in [0.2, 0.25) is 0 Å². The molecular weight excluding hydrogens is 262 g/mol. The molecule has 1 heterocycles. The Morgan fingerprint density at radius 2 is 1.76 bits per heavy atom. The van der Waals surface area contributed by atoms with E-state index in [1.54, 1.807) is 25.3 Å². The molecule has 1 aromatic heterocycles. The summed E-state index contributed by atoms with van der Waals surface area (Å²) in [5.74, 6) is 0.591. The normalized spacial score (nSPS) is 12.0. The summed E-state index contributed by atoms with van der Waals surface area (Å²) in [7, 11) is 0. The predicted molar refractivity (Wildman–Crippen MR) is 82.6 cm³/mol. The molecule has 0 saturated heterocycles. The van der Waals surface area contributed by atoms with E-state index >= 15 is 0 Å². The summed E-state index contributed by atoms with van der Waals surface area (Å²) in [6.45, 7) is 1.76. The first kappa shape index (κ1) is 13.3. The number of ether oxygens (including phenoxy) is 1. The van der Waals surface area contributed by atoms with E-state index in [-0.39, 0.29) is 5.78 Å². The number of fused-ring (bicyclic) bond motifs is 1. The fourth-order valence-corrected chi connectivity index (χ4v) is 2.25. The van der Waals surface area contributed by atoms with Gasteiger partial charge in [-0.25, -0.2) is 0 Å². The Bertz CT molecular complexity index is 763. The number of ketones is 1. The van der Waals surface area contributed by atoms with E-state index in [9.17, 15) is 4.79 Å². The summed E-state index contributed by atoms with van der Waals surface area (Å²) in [4.78, 5) is 16.7. The third kappa shape index (κ3) is 2.77. The number of carbonyl (C=O) groups is 1. The average molecular weight is 277 g/mol. The molecule has 0 bridgehead atoms. The second-order valence-corrected chi connectivity index (χ2v) is 4.82. The summed E-state index contributed by atoms with van der Waals surface area (Å²) < 4.78 is 5.83. The van der Waals surface area contributed by atoms with Gasteiger partial charge in [-0.05, 0) is 19.1 Å². The lowest BCUT2D eigenvalue weighted by molar-refractivity contribution is 0.0820. The largest absolute Gasteiger partial charge is 0.480 e. The number of carbonyl (C=O) groups excluding carboxylic acids is 1. The van der Waals surface area contributed by atoms with Crippen LogP contribution in [0.15, 0.2) is 66.9 Å². The second-order valence-electron chi connectivity index (χ2n) is 4.82. The van der Waals surface area contributed by atoms with Crippen LogP contribution >= 0.6 is 0 Å². The Morgan fingerprint density at radius 1 is 1.00 bits per heavy atom. The third-order valence-electron chi connectivity index (χ3n) is 3.33. The van der Waals surface area contributed by atoms with Crippen molar-refractivity contribution in [1.29, 1.82) is 0 Å². The van der Waals surface area contributed by atoms with E-state index in [4.69, 9.17) is 4.74 Å². The molecule has 0 radical (unpaired) electrons.